The summed E-state index contributed by atoms with van der Waals surface area (Å²) in [7, 11) is 0. The van der Waals surface area contributed by atoms with E-state index in [1.54, 1.807) is 4.90 Å². The smallest absolute Gasteiger partial charge is 0.243 e. The highest BCUT2D eigenvalue weighted by Gasteiger charge is 2.30. The first kappa shape index (κ1) is 23.0. The quantitative estimate of drug-likeness (QED) is 0.466. The summed E-state index contributed by atoms with van der Waals surface area (Å²) in [6.07, 6.45) is 6.05. The Morgan fingerprint density at radius 1 is 0.939 bits per heavy atom. The van der Waals surface area contributed by atoms with Gasteiger partial charge in [-0.2, -0.15) is 0 Å². The summed E-state index contributed by atoms with van der Waals surface area (Å²) in [5.74, 6) is 0.0130. The van der Waals surface area contributed by atoms with Gasteiger partial charge in [-0.1, -0.05) is 92.6 Å². The van der Waals surface area contributed by atoms with E-state index in [2.05, 4.69) is 29.6 Å². The molecule has 0 bridgehead atoms. The highest BCUT2D eigenvalue weighted by Crippen LogP contribution is 2.22. The predicted molar refractivity (Wildman–Crippen MR) is 134 cm³/mol. The zero-order valence-electron chi connectivity index (χ0n) is 19.5. The van der Waals surface area contributed by atoms with Crippen LogP contribution in [0.3, 0.4) is 0 Å². The number of hydrogen-bond acceptors (Lipinski definition) is 2. The Morgan fingerprint density at radius 3 is 2.39 bits per heavy atom. The van der Waals surface area contributed by atoms with Crippen molar-refractivity contribution in [3.05, 3.63) is 83.9 Å². The number of benzene rings is 3. The second kappa shape index (κ2) is 11.1. The number of amides is 2. The number of carbonyl (C=O) groups is 2. The number of carbonyl (C=O) groups excluding carboxylic acids is 2. The van der Waals surface area contributed by atoms with Crippen molar-refractivity contribution < 1.29 is 9.59 Å². The molecule has 0 aliphatic heterocycles. The van der Waals surface area contributed by atoms with Crippen LogP contribution in [0.2, 0.25) is 0 Å². The summed E-state index contributed by atoms with van der Waals surface area (Å²) in [5, 5.41) is 5.59. The first-order valence-electron chi connectivity index (χ1n) is 12.3. The van der Waals surface area contributed by atoms with Gasteiger partial charge in [-0.25, -0.2) is 0 Å². The third-order valence-electron chi connectivity index (χ3n) is 6.77. The average Bonchev–Trinajstić information content (AvgIpc) is 3.36. The molecule has 172 valence electrons. The lowest BCUT2D eigenvalue weighted by Gasteiger charge is -2.31. The molecule has 1 atom stereocenters. The molecule has 0 spiro atoms. The van der Waals surface area contributed by atoms with Gasteiger partial charge in [0.15, 0.2) is 0 Å². The number of hydrogen-bond donors (Lipinski definition) is 1. The van der Waals surface area contributed by atoms with E-state index in [0.717, 1.165) is 18.4 Å². The molecule has 1 aliphatic carbocycles. The van der Waals surface area contributed by atoms with Crippen molar-refractivity contribution in [2.24, 2.45) is 0 Å². The largest absolute Gasteiger partial charge is 0.352 e. The van der Waals surface area contributed by atoms with E-state index in [9.17, 15) is 9.59 Å². The van der Waals surface area contributed by atoms with Gasteiger partial charge >= 0.3 is 0 Å². The van der Waals surface area contributed by atoms with Gasteiger partial charge < -0.3 is 10.2 Å². The van der Waals surface area contributed by atoms with Gasteiger partial charge in [-0.05, 0) is 47.6 Å². The lowest BCUT2D eigenvalue weighted by atomic mass is 10.00. The second-order valence-corrected chi connectivity index (χ2v) is 9.06. The molecular formula is C29H34N2O2. The Balaban J connectivity index is 1.52. The topological polar surface area (TPSA) is 49.4 Å². The fourth-order valence-corrected chi connectivity index (χ4v) is 4.96. The molecule has 4 nitrogen and oxygen atoms in total. The van der Waals surface area contributed by atoms with Crippen LogP contribution in [0.5, 0.6) is 0 Å². The van der Waals surface area contributed by atoms with Crippen LogP contribution in [-0.2, 0) is 22.6 Å². The Morgan fingerprint density at radius 2 is 1.64 bits per heavy atom. The normalized spacial score (nSPS) is 14.8. The Kier molecular flexibility index (Phi) is 7.77. The zero-order valence-corrected chi connectivity index (χ0v) is 19.5. The van der Waals surface area contributed by atoms with Gasteiger partial charge in [-0.15, -0.1) is 0 Å². The van der Waals surface area contributed by atoms with Crippen molar-refractivity contribution in [3.63, 3.8) is 0 Å². The minimum atomic E-state index is -0.453. The fourth-order valence-electron chi connectivity index (χ4n) is 4.96. The summed E-state index contributed by atoms with van der Waals surface area (Å²) in [6.45, 7) is 2.45. The molecule has 1 N–H and O–H groups in total. The van der Waals surface area contributed by atoms with E-state index in [-0.39, 0.29) is 17.9 Å². The van der Waals surface area contributed by atoms with Crippen LogP contribution in [0, 0.1) is 0 Å². The molecule has 0 saturated heterocycles. The molecule has 0 aromatic heterocycles. The minimum Gasteiger partial charge on any atom is -0.352 e. The maximum Gasteiger partial charge on any atom is 0.243 e. The third kappa shape index (κ3) is 5.81. The van der Waals surface area contributed by atoms with E-state index in [1.807, 2.05) is 55.5 Å². The van der Waals surface area contributed by atoms with E-state index in [0.29, 0.717) is 25.8 Å². The molecule has 1 fully saturated rings. The third-order valence-corrected chi connectivity index (χ3v) is 6.77. The maximum absolute atomic E-state index is 13.5. The van der Waals surface area contributed by atoms with Crippen LogP contribution in [0.1, 0.15) is 56.6 Å². The average molecular weight is 443 g/mol. The number of aryl methyl sites for hydroxylation is 1. The van der Waals surface area contributed by atoms with E-state index in [1.165, 1.54) is 29.2 Å². The van der Waals surface area contributed by atoms with Crippen molar-refractivity contribution >= 4 is 22.6 Å². The number of rotatable bonds is 9. The van der Waals surface area contributed by atoms with Crippen LogP contribution in [-0.4, -0.2) is 28.8 Å². The van der Waals surface area contributed by atoms with Gasteiger partial charge in [0.25, 0.3) is 0 Å². The molecule has 4 rings (SSSR count). The van der Waals surface area contributed by atoms with Crippen molar-refractivity contribution in [1.82, 2.24) is 10.2 Å². The summed E-state index contributed by atoms with van der Waals surface area (Å²) >= 11 is 0. The molecule has 3 aromatic carbocycles. The number of fused-ring (bicyclic) bond motifs is 1. The molecule has 1 saturated carbocycles. The summed E-state index contributed by atoms with van der Waals surface area (Å²) in [4.78, 5) is 28.6. The zero-order chi connectivity index (χ0) is 23.0. The molecule has 33 heavy (non-hydrogen) atoms. The Hall–Kier alpha value is -3.14. The SMILES string of the molecule is CC[C@@H](C(=O)NC1CCCC1)N(Cc1ccccc1)C(=O)CCc1cccc2ccccc12. The number of nitrogens with one attached hydrogen (secondary N) is 1. The molecule has 0 unspecified atom stereocenters. The molecule has 0 radical (unpaired) electrons. The van der Waals surface area contributed by atoms with Gasteiger partial charge in [0.1, 0.15) is 6.04 Å². The van der Waals surface area contributed by atoms with Gasteiger partial charge in [0.2, 0.25) is 11.8 Å². The van der Waals surface area contributed by atoms with Gasteiger partial charge in [-0.3, -0.25) is 9.59 Å². The van der Waals surface area contributed by atoms with Crippen LogP contribution < -0.4 is 5.32 Å². The maximum atomic E-state index is 13.5. The van der Waals surface area contributed by atoms with Crippen LogP contribution >= 0.6 is 0 Å². The summed E-state index contributed by atoms with van der Waals surface area (Å²) in [5.41, 5.74) is 2.22. The molecule has 0 heterocycles. The van der Waals surface area contributed by atoms with E-state index >= 15 is 0 Å². The first-order valence-corrected chi connectivity index (χ1v) is 12.3. The fraction of sp³-hybridized carbons (Fsp3) is 0.379. The van der Waals surface area contributed by atoms with Crippen molar-refractivity contribution in [2.45, 2.75) is 70.5 Å². The molecule has 3 aromatic rings. The van der Waals surface area contributed by atoms with Gasteiger partial charge in [0, 0.05) is 19.0 Å². The predicted octanol–water partition coefficient (Wildman–Crippen LogP) is 5.64. The van der Waals surface area contributed by atoms with Crippen molar-refractivity contribution in [3.8, 4) is 0 Å². The van der Waals surface area contributed by atoms with Crippen LogP contribution in [0.4, 0.5) is 0 Å². The lowest BCUT2D eigenvalue weighted by molar-refractivity contribution is -0.141. The standard InChI is InChI=1S/C29H34N2O2/c1-2-27(29(33)30-25-16-7-8-17-25)31(21-22-11-4-3-5-12-22)28(32)20-19-24-15-10-14-23-13-6-9-18-26(23)24/h3-6,9-15,18,25,27H,2,7-8,16-17,19-21H2,1H3,(H,30,33)/t27-/m0/s1. The highest BCUT2D eigenvalue weighted by atomic mass is 16.2. The minimum absolute atomic E-state index is 0.0150. The monoisotopic (exact) mass is 442 g/mol. The molecule has 1 aliphatic rings. The van der Waals surface area contributed by atoms with Crippen molar-refractivity contribution in [2.75, 3.05) is 0 Å². The van der Waals surface area contributed by atoms with Crippen LogP contribution in [0.15, 0.2) is 72.8 Å². The number of nitrogens with zero attached hydrogens (tertiary/aromatic N) is 1. The van der Waals surface area contributed by atoms with E-state index < -0.39 is 6.04 Å². The van der Waals surface area contributed by atoms with Gasteiger partial charge in [0.05, 0.1) is 0 Å². The first-order chi connectivity index (χ1) is 16.2. The highest BCUT2D eigenvalue weighted by molar-refractivity contribution is 5.89. The summed E-state index contributed by atoms with van der Waals surface area (Å²) < 4.78 is 0. The molecular weight excluding hydrogens is 408 g/mol. The van der Waals surface area contributed by atoms with E-state index in [4.69, 9.17) is 0 Å². The lowest BCUT2D eigenvalue weighted by Crippen LogP contribution is -2.51. The van der Waals surface area contributed by atoms with Crippen LogP contribution in [0.25, 0.3) is 10.8 Å². The second-order valence-electron chi connectivity index (χ2n) is 9.06. The molecule has 4 heteroatoms. The Bertz CT molecular complexity index is 1070. The van der Waals surface area contributed by atoms with Crippen molar-refractivity contribution in [1.29, 1.82) is 0 Å². The molecule has 2 amide bonds. The summed E-state index contributed by atoms with van der Waals surface area (Å²) in [6, 6.07) is 24.3. The Labute approximate surface area is 197 Å².